The molecule has 3 fully saturated rings. The molecule has 0 aromatic carbocycles. The maximum atomic E-state index is 12.7. The summed E-state index contributed by atoms with van der Waals surface area (Å²) in [6.45, 7) is 1.95. The first-order valence-corrected chi connectivity index (χ1v) is 17.0. The molecule has 4 aliphatic heterocycles. The second-order valence-corrected chi connectivity index (χ2v) is 13.0. The van der Waals surface area contributed by atoms with Gasteiger partial charge in [0, 0.05) is 51.3 Å². The van der Waals surface area contributed by atoms with Crippen LogP contribution < -0.4 is 22.1 Å². The molecule has 2 bridgehead atoms. The number of nitrogens with two attached hydrogens (primary N) is 2. The maximum Gasteiger partial charge on any atom is 0.330 e. The van der Waals surface area contributed by atoms with Gasteiger partial charge in [0.15, 0.2) is 12.1 Å². The minimum absolute atomic E-state index is 0.0719. The van der Waals surface area contributed by atoms with Crippen LogP contribution in [-0.4, -0.2) is 136 Å². The Morgan fingerprint density at radius 2 is 1.76 bits per heavy atom. The van der Waals surface area contributed by atoms with E-state index in [1.807, 2.05) is 12.2 Å². The summed E-state index contributed by atoms with van der Waals surface area (Å²) in [7, 11) is 0. The van der Waals surface area contributed by atoms with E-state index in [0.29, 0.717) is 6.42 Å². The summed E-state index contributed by atoms with van der Waals surface area (Å²) >= 11 is 0. The van der Waals surface area contributed by atoms with Crippen molar-refractivity contribution in [1.29, 1.82) is 0 Å². The zero-order chi connectivity index (χ0) is 36.3. The first-order valence-electron chi connectivity index (χ1n) is 17.0. The lowest BCUT2D eigenvalue weighted by Crippen LogP contribution is -2.63. The van der Waals surface area contributed by atoms with E-state index < -0.39 is 85.0 Å². The highest BCUT2D eigenvalue weighted by atomic mass is 16.7. The number of allylic oxidation sites excluding steroid dienone is 6. The van der Waals surface area contributed by atoms with Crippen molar-refractivity contribution in [2.45, 2.75) is 118 Å². The highest BCUT2D eigenvalue weighted by Gasteiger charge is 2.49. The van der Waals surface area contributed by atoms with Crippen molar-refractivity contribution in [1.82, 2.24) is 10.6 Å². The van der Waals surface area contributed by atoms with E-state index in [0.717, 1.165) is 0 Å². The second-order valence-electron chi connectivity index (χ2n) is 13.0. The third-order valence-corrected chi connectivity index (χ3v) is 8.67. The minimum atomic E-state index is -2.02. The smallest absolute Gasteiger partial charge is 0.330 e. The summed E-state index contributed by atoms with van der Waals surface area (Å²) in [6.07, 6.45) is 7.44. The van der Waals surface area contributed by atoms with Crippen LogP contribution in [0, 0.1) is 0 Å². The molecule has 11 N–H and O–H groups in total. The van der Waals surface area contributed by atoms with Crippen LogP contribution >= 0.6 is 0 Å². The number of nitrogens with one attached hydrogen (secondary N) is 2. The molecule has 0 aromatic rings. The molecule has 0 aliphatic carbocycles. The topological polar surface area (TPSA) is 261 Å². The highest BCUT2D eigenvalue weighted by molar-refractivity contribution is 5.82. The van der Waals surface area contributed by atoms with Crippen molar-refractivity contribution >= 4 is 12.0 Å². The summed E-state index contributed by atoms with van der Waals surface area (Å²) in [5.74, 6) is -2.54. The molecular weight excluding hydrogens is 656 g/mol. The zero-order valence-electron chi connectivity index (χ0n) is 28.1. The molecule has 4 heterocycles. The molecule has 0 saturated carbocycles. The standard InChI is InChI=1S/C34H52N4O12/c1-20-9-7-5-3-2-4-6-8-10-22(48-32-31(43)29(36)24(41)19-46-32)16-27-30(38-33(44)37-14-13-35)23(40)18-34(45,50-27)17-21(39)15-26-25(49-26)11-12-28(42)47-20/h2-8,10-12,20-27,29-32,39-41,43,45H,9,13-19,35-36H2,1H3,(H2,37,38,44)/b3-2+,6-4+,7-5+,10-8+,12-11+/t20-,21+,22+,23+,24-,25-,26-,27+,29+,30-,31+,32+,34-/m1/s1. The molecule has 2 amide bonds. The molecule has 3 saturated heterocycles. The summed E-state index contributed by atoms with van der Waals surface area (Å²) in [6, 6.07) is -2.70. The predicted octanol–water partition coefficient (Wildman–Crippen LogP) is -1.34. The van der Waals surface area contributed by atoms with Crippen LogP contribution in [0.2, 0.25) is 0 Å². The first kappa shape index (κ1) is 39.8. The lowest BCUT2D eigenvalue weighted by atomic mass is 9.87. The molecule has 16 nitrogen and oxygen atoms in total. The first-order chi connectivity index (χ1) is 23.9. The van der Waals surface area contributed by atoms with Gasteiger partial charge < -0.3 is 71.3 Å². The lowest BCUT2D eigenvalue weighted by molar-refractivity contribution is -0.298. The maximum absolute atomic E-state index is 12.7. The number of esters is 1. The van der Waals surface area contributed by atoms with E-state index in [9.17, 15) is 35.1 Å². The highest BCUT2D eigenvalue weighted by Crippen LogP contribution is 2.36. The average molecular weight is 709 g/mol. The number of fused-ring (bicyclic) bond motifs is 3. The Morgan fingerprint density at radius 3 is 2.52 bits per heavy atom. The number of ether oxygens (including phenoxy) is 5. The fourth-order valence-corrected chi connectivity index (χ4v) is 6.01. The van der Waals surface area contributed by atoms with Gasteiger partial charge in [-0.15, -0.1) is 0 Å². The molecule has 0 radical (unpaired) electrons. The number of epoxide rings is 1. The number of carbonyl (C=O) groups is 2. The van der Waals surface area contributed by atoms with Gasteiger partial charge in [-0.2, -0.15) is 0 Å². The molecule has 13 atom stereocenters. The van der Waals surface area contributed by atoms with Crippen molar-refractivity contribution in [3.8, 4) is 0 Å². The van der Waals surface area contributed by atoms with Crippen LogP contribution in [0.5, 0.6) is 0 Å². The normalized spacial score (nSPS) is 43.5. The number of hydrogen-bond donors (Lipinski definition) is 9. The monoisotopic (exact) mass is 708 g/mol. The molecule has 4 rings (SSSR count). The van der Waals surface area contributed by atoms with Gasteiger partial charge in [0.1, 0.15) is 18.3 Å². The number of hydrogen-bond acceptors (Lipinski definition) is 14. The van der Waals surface area contributed by atoms with E-state index in [2.05, 4.69) is 10.6 Å². The van der Waals surface area contributed by atoms with Gasteiger partial charge in [0.05, 0.1) is 55.3 Å². The van der Waals surface area contributed by atoms with Crippen molar-refractivity contribution in [2.75, 3.05) is 19.7 Å². The number of rotatable bonds is 5. The van der Waals surface area contributed by atoms with Crippen molar-refractivity contribution in [3.05, 3.63) is 60.8 Å². The zero-order valence-corrected chi connectivity index (χ0v) is 28.1. The van der Waals surface area contributed by atoms with Crippen LogP contribution in [0.3, 0.4) is 0 Å². The van der Waals surface area contributed by atoms with E-state index in [-0.39, 0.29) is 51.5 Å². The third-order valence-electron chi connectivity index (χ3n) is 8.67. The molecule has 16 heteroatoms. The molecule has 50 heavy (non-hydrogen) atoms. The van der Waals surface area contributed by atoms with Gasteiger partial charge >= 0.3 is 12.0 Å². The Morgan fingerprint density at radius 1 is 1.02 bits per heavy atom. The lowest BCUT2D eigenvalue weighted by Gasteiger charge is -2.46. The average Bonchev–Trinajstić information content (AvgIpc) is 3.80. The van der Waals surface area contributed by atoms with Gasteiger partial charge in [0.25, 0.3) is 0 Å². The van der Waals surface area contributed by atoms with Gasteiger partial charge in [0.2, 0.25) is 0 Å². The van der Waals surface area contributed by atoms with Crippen LogP contribution in [0.25, 0.3) is 0 Å². The molecule has 0 unspecified atom stereocenters. The van der Waals surface area contributed by atoms with Gasteiger partial charge in [-0.1, -0.05) is 48.6 Å². The molecule has 4 aliphatic rings. The Kier molecular flexibility index (Phi) is 15.1. The third kappa shape index (κ3) is 12.3. The summed E-state index contributed by atoms with van der Waals surface area (Å²) < 4.78 is 28.8. The Labute approximate surface area is 291 Å². The van der Waals surface area contributed by atoms with E-state index in [1.165, 1.54) is 6.08 Å². The quantitative estimate of drug-likeness (QED) is 0.118. The van der Waals surface area contributed by atoms with E-state index in [1.54, 1.807) is 49.5 Å². The molecular formula is C34H52N4O12. The van der Waals surface area contributed by atoms with Gasteiger partial charge in [-0.3, -0.25) is 0 Å². The Hall–Kier alpha value is -3.00. The number of urea groups is 1. The van der Waals surface area contributed by atoms with Crippen LogP contribution in [0.15, 0.2) is 60.8 Å². The fourth-order valence-electron chi connectivity index (χ4n) is 6.01. The van der Waals surface area contributed by atoms with Gasteiger partial charge in [-0.05, 0) is 13.0 Å². The number of amides is 2. The van der Waals surface area contributed by atoms with E-state index >= 15 is 0 Å². The summed E-state index contributed by atoms with van der Waals surface area (Å²) in [4.78, 5) is 24.9. The van der Waals surface area contributed by atoms with Crippen LogP contribution in [-0.2, 0) is 28.5 Å². The summed E-state index contributed by atoms with van der Waals surface area (Å²) in [5.41, 5.74) is 11.5. The van der Waals surface area contributed by atoms with Crippen molar-refractivity contribution in [2.24, 2.45) is 11.5 Å². The number of aliphatic hydroxyl groups is 5. The Bertz CT molecular complexity index is 1260. The van der Waals surface area contributed by atoms with Gasteiger partial charge in [-0.25, -0.2) is 9.59 Å². The summed E-state index contributed by atoms with van der Waals surface area (Å²) in [5, 5.41) is 59.8. The number of cyclic esters (lactones) is 1. The van der Waals surface area contributed by atoms with Crippen LogP contribution in [0.1, 0.15) is 39.0 Å². The number of carbonyl (C=O) groups excluding carboxylic acids is 2. The SMILES string of the molecule is C[C@@H]1C/C=C/C=C/C=C/C=C/[C@H](O[C@@H]2OC[C@@H](O)[C@H](N)[C@@H]2O)C[C@@H]2O[C@](O)(C[C@@H](O)C[C@H]3O[C@@H]3/C=C/C(=O)O1)C[C@H](O)[C@H]2NC(=O)NCCN. The largest absolute Gasteiger partial charge is 0.459 e. The second kappa shape index (κ2) is 19.0. The Balaban J connectivity index is 1.60. The van der Waals surface area contributed by atoms with E-state index in [4.69, 9.17) is 35.2 Å². The predicted molar refractivity (Wildman–Crippen MR) is 179 cm³/mol. The molecule has 280 valence electrons. The van der Waals surface area contributed by atoms with Crippen LogP contribution in [0.4, 0.5) is 4.79 Å². The molecule has 0 spiro atoms. The number of aliphatic hydroxyl groups excluding tert-OH is 4. The van der Waals surface area contributed by atoms with Crippen molar-refractivity contribution < 1.29 is 58.8 Å². The fraction of sp³-hybridized carbons (Fsp3) is 0.647. The minimum Gasteiger partial charge on any atom is -0.459 e. The van der Waals surface area contributed by atoms with Crippen molar-refractivity contribution in [3.63, 3.8) is 0 Å². The molecule has 0 aromatic heterocycles.